The zero-order chi connectivity index (χ0) is 28.5. The average molecular weight is 558 g/mol. The molecule has 0 bridgehead atoms. The van der Waals surface area contributed by atoms with Gasteiger partial charge in [-0.25, -0.2) is 4.79 Å². The van der Waals surface area contributed by atoms with Gasteiger partial charge in [-0.05, 0) is 64.2 Å². The number of nitrogens with one attached hydrogen (secondary N) is 1. The highest BCUT2D eigenvalue weighted by atomic mass is 32.2. The van der Waals surface area contributed by atoms with Crippen molar-refractivity contribution in [1.29, 1.82) is 0 Å². The van der Waals surface area contributed by atoms with Crippen LogP contribution in [0.1, 0.15) is 66.4 Å². The van der Waals surface area contributed by atoms with Crippen molar-refractivity contribution in [1.82, 2.24) is 5.32 Å². The van der Waals surface area contributed by atoms with Gasteiger partial charge in [0.25, 0.3) is 0 Å². The smallest absolute Gasteiger partial charge is 0.408 e. The largest absolute Gasteiger partial charge is 0.493 e. The molecule has 0 aliphatic carbocycles. The summed E-state index contributed by atoms with van der Waals surface area (Å²) < 4.78 is 45.9. The Labute approximate surface area is 225 Å². The molecular weight excluding hydrogens is 510 g/mol. The van der Waals surface area contributed by atoms with Crippen LogP contribution in [-0.2, 0) is 25.7 Å². The topological polar surface area (TPSA) is 100 Å². The van der Waals surface area contributed by atoms with Crippen LogP contribution in [-0.4, -0.2) is 54.4 Å². The van der Waals surface area contributed by atoms with Crippen molar-refractivity contribution in [2.45, 2.75) is 97.0 Å². The van der Waals surface area contributed by atoms with Gasteiger partial charge in [-0.15, -0.1) is 0 Å². The Balaban J connectivity index is 2.94. The first-order chi connectivity index (χ1) is 16.8. The third-order valence-electron chi connectivity index (χ3n) is 6.06. The van der Waals surface area contributed by atoms with Crippen LogP contribution in [0.3, 0.4) is 0 Å². The summed E-state index contributed by atoms with van der Waals surface area (Å²) in [5.74, 6) is 0.407. The van der Waals surface area contributed by atoms with E-state index in [0.29, 0.717) is 11.3 Å². The molecule has 1 N–H and O–H groups in total. The van der Waals surface area contributed by atoms with E-state index < -0.39 is 36.2 Å². The van der Waals surface area contributed by atoms with Gasteiger partial charge in [-0.1, -0.05) is 45.1 Å². The van der Waals surface area contributed by atoms with Gasteiger partial charge in [0.2, 0.25) is 0 Å². The third-order valence-corrected chi connectivity index (χ3v) is 11.1. The second-order valence-electron chi connectivity index (χ2n) is 11.7. The number of rotatable bonds is 13. The highest BCUT2D eigenvalue weighted by Crippen LogP contribution is 2.36. The maximum atomic E-state index is 12.5. The number of amides is 1. The molecule has 0 fully saturated rings. The van der Waals surface area contributed by atoms with Crippen LogP contribution in [0.4, 0.5) is 4.79 Å². The van der Waals surface area contributed by atoms with E-state index in [1.165, 1.54) is 7.11 Å². The van der Waals surface area contributed by atoms with Crippen LogP contribution >= 0.6 is 0 Å². The second kappa shape index (κ2) is 13.7. The monoisotopic (exact) mass is 557 g/mol. The Bertz CT molecular complexity index is 1010. The molecule has 0 aliphatic heterocycles. The fraction of sp³-hybridized carbons (Fsp3) is 0.667. The van der Waals surface area contributed by atoms with E-state index in [2.05, 4.69) is 39.2 Å². The molecule has 0 aromatic heterocycles. The van der Waals surface area contributed by atoms with E-state index in [1.807, 2.05) is 12.2 Å². The average Bonchev–Trinajstić information content (AvgIpc) is 2.70. The number of unbranched alkanes of at least 4 members (excludes halogenated alkanes) is 2. The minimum Gasteiger partial charge on any atom is -0.493 e. The summed E-state index contributed by atoms with van der Waals surface area (Å²) in [6, 6.07) is 4.67. The van der Waals surface area contributed by atoms with Crippen molar-refractivity contribution >= 4 is 24.5 Å². The maximum Gasteiger partial charge on any atom is 0.408 e. The molecule has 1 aromatic carbocycles. The lowest BCUT2D eigenvalue weighted by Gasteiger charge is -2.36. The lowest BCUT2D eigenvalue weighted by Crippen LogP contribution is -2.40. The minimum atomic E-state index is -3.78. The fourth-order valence-electron chi connectivity index (χ4n) is 3.16. The minimum absolute atomic E-state index is 0.111. The quantitative estimate of drug-likeness (QED) is 0.133. The summed E-state index contributed by atoms with van der Waals surface area (Å²) in [6.07, 6.45) is 7.35. The van der Waals surface area contributed by atoms with Crippen molar-refractivity contribution < 1.29 is 31.3 Å². The molecule has 0 saturated heterocycles. The van der Waals surface area contributed by atoms with Crippen LogP contribution in [0.5, 0.6) is 11.5 Å². The zero-order valence-electron chi connectivity index (χ0n) is 24.3. The highest BCUT2D eigenvalue weighted by molar-refractivity contribution is 7.86. The molecular formula is C27H47NO7SSi. The van der Waals surface area contributed by atoms with E-state index in [0.717, 1.165) is 32.1 Å². The van der Waals surface area contributed by atoms with Gasteiger partial charge in [0, 0.05) is 18.6 Å². The molecule has 1 atom stereocenters. The van der Waals surface area contributed by atoms with Crippen molar-refractivity contribution in [3.8, 4) is 11.5 Å². The number of hydrogen-bond donors (Lipinski definition) is 1. The molecule has 1 amide bonds. The van der Waals surface area contributed by atoms with Crippen LogP contribution in [0.15, 0.2) is 30.4 Å². The molecule has 8 nitrogen and oxygen atoms in total. The molecule has 1 aromatic rings. The van der Waals surface area contributed by atoms with E-state index in [-0.39, 0.29) is 17.2 Å². The summed E-state index contributed by atoms with van der Waals surface area (Å²) >= 11 is 0. The predicted molar refractivity (Wildman–Crippen MR) is 151 cm³/mol. The van der Waals surface area contributed by atoms with Gasteiger partial charge in [0.1, 0.15) is 5.60 Å². The van der Waals surface area contributed by atoms with Gasteiger partial charge in [-0.2, -0.15) is 8.42 Å². The molecule has 212 valence electrons. The Kier molecular flexibility index (Phi) is 12.2. The number of carbonyl (C=O) groups excluding carboxylic acids is 1. The van der Waals surface area contributed by atoms with E-state index in [1.54, 1.807) is 39.0 Å². The summed E-state index contributed by atoms with van der Waals surface area (Å²) in [7, 11) is -4.09. The maximum absolute atomic E-state index is 12.5. The van der Waals surface area contributed by atoms with Gasteiger partial charge < -0.3 is 23.4 Å². The van der Waals surface area contributed by atoms with Gasteiger partial charge in [-0.3, -0.25) is 0 Å². The number of benzene rings is 1. The summed E-state index contributed by atoms with van der Waals surface area (Å²) in [6.45, 7) is 17.3. The number of allylic oxidation sites excluding steroid dienone is 1. The predicted octanol–water partition coefficient (Wildman–Crippen LogP) is 6.22. The number of hydrogen-bond acceptors (Lipinski definition) is 7. The Hall–Kier alpha value is -2.04. The number of para-hydroxylation sites is 1. The first kappa shape index (κ1) is 33.0. The lowest BCUT2D eigenvalue weighted by atomic mass is 10.0. The van der Waals surface area contributed by atoms with Gasteiger partial charge >= 0.3 is 16.2 Å². The zero-order valence-corrected chi connectivity index (χ0v) is 26.1. The first-order valence-electron chi connectivity index (χ1n) is 12.7. The molecule has 37 heavy (non-hydrogen) atoms. The fourth-order valence-corrected chi connectivity index (χ4v) is 4.74. The summed E-state index contributed by atoms with van der Waals surface area (Å²) in [5.41, 5.74) is -0.0681. The molecule has 0 radical (unpaired) electrons. The van der Waals surface area contributed by atoms with Crippen LogP contribution < -0.4 is 14.2 Å². The van der Waals surface area contributed by atoms with E-state index in [9.17, 15) is 13.2 Å². The van der Waals surface area contributed by atoms with E-state index in [4.69, 9.17) is 18.1 Å². The highest BCUT2D eigenvalue weighted by Gasteiger charge is 2.36. The molecule has 0 heterocycles. The lowest BCUT2D eigenvalue weighted by molar-refractivity contribution is 0.0514. The SMILES string of the molecule is COc1cccc(C[C@H](/C=C\CCCCO[Si](C)(C)C(C)(C)C)NC(=O)OC(C)(C)C)c1OS(C)(=O)=O. The second-order valence-corrected chi connectivity index (χ2v) is 18.1. The Morgan fingerprint density at radius 3 is 2.30 bits per heavy atom. The Morgan fingerprint density at radius 1 is 1.11 bits per heavy atom. The number of carbonyl (C=O) groups is 1. The van der Waals surface area contributed by atoms with Crippen molar-refractivity contribution in [2.75, 3.05) is 20.0 Å². The molecule has 0 unspecified atom stereocenters. The van der Waals surface area contributed by atoms with Crippen LogP contribution in [0.2, 0.25) is 18.1 Å². The summed E-state index contributed by atoms with van der Waals surface area (Å²) in [5, 5.41) is 3.06. The molecule has 0 saturated carbocycles. The normalized spacial score (nSPS) is 13.9. The Morgan fingerprint density at radius 2 is 1.76 bits per heavy atom. The summed E-state index contributed by atoms with van der Waals surface area (Å²) in [4.78, 5) is 12.5. The number of methoxy groups -OCH3 is 1. The van der Waals surface area contributed by atoms with Crippen LogP contribution in [0, 0.1) is 0 Å². The molecule has 1 rings (SSSR count). The third kappa shape index (κ3) is 12.8. The van der Waals surface area contributed by atoms with Crippen molar-refractivity contribution in [2.24, 2.45) is 0 Å². The van der Waals surface area contributed by atoms with E-state index >= 15 is 0 Å². The molecule has 0 aliphatic rings. The molecule has 10 heteroatoms. The first-order valence-corrected chi connectivity index (χ1v) is 17.4. The van der Waals surface area contributed by atoms with Crippen molar-refractivity contribution in [3.05, 3.63) is 35.9 Å². The standard InChI is InChI=1S/C27H47NO7SSi/c1-26(2,3)34-25(29)28-22(17-13-11-12-14-19-33-37(9,10)27(4,5)6)20-21-16-15-18-23(32-7)24(21)35-36(8,30)31/h13,15-18,22H,11-12,14,19-20H2,1-10H3,(H,28,29)/b17-13-/t22-/m0/s1. The van der Waals surface area contributed by atoms with Crippen LogP contribution in [0.25, 0.3) is 0 Å². The number of alkyl carbamates (subject to hydrolysis) is 1. The van der Waals surface area contributed by atoms with Gasteiger partial charge in [0.15, 0.2) is 19.8 Å². The number of ether oxygens (including phenoxy) is 2. The molecule has 0 spiro atoms. The van der Waals surface area contributed by atoms with Gasteiger partial charge in [0.05, 0.1) is 19.4 Å². The van der Waals surface area contributed by atoms with Crippen molar-refractivity contribution in [3.63, 3.8) is 0 Å².